The molecule has 12 heteroatoms. The molecule has 250 valence electrons. The quantitative estimate of drug-likeness (QED) is 0.258. The fourth-order valence-corrected chi connectivity index (χ4v) is 5.36. The van der Waals surface area contributed by atoms with E-state index in [9.17, 15) is 19.2 Å². The van der Waals surface area contributed by atoms with Crippen molar-refractivity contribution in [1.82, 2.24) is 25.1 Å². The molecule has 0 spiro atoms. The van der Waals surface area contributed by atoms with Crippen LogP contribution in [0.3, 0.4) is 0 Å². The lowest BCUT2D eigenvalue weighted by Gasteiger charge is -2.36. The van der Waals surface area contributed by atoms with Crippen LogP contribution < -0.4 is 10.1 Å². The molecule has 1 atom stereocenters. The van der Waals surface area contributed by atoms with Gasteiger partial charge in [-0.3, -0.25) is 14.4 Å². The van der Waals surface area contributed by atoms with Gasteiger partial charge in [0.1, 0.15) is 23.4 Å². The van der Waals surface area contributed by atoms with Gasteiger partial charge < -0.3 is 29.3 Å². The minimum absolute atomic E-state index is 0.0141. The van der Waals surface area contributed by atoms with Crippen LogP contribution in [0, 0.1) is 0 Å². The third-order valence-electron chi connectivity index (χ3n) is 7.79. The smallest absolute Gasteiger partial charge is 0.409 e. The molecule has 3 amide bonds. The molecule has 12 nitrogen and oxygen atoms in total. The first-order chi connectivity index (χ1) is 22.0. The highest BCUT2D eigenvalue weighted by Crippen LogP contribution is 2.25. The van der Waals surface area contributed by atoms with Crippen molar-refractivity contribution in [1.29, 1.82) is 0 Å². The number of nitrogens with one attached hydrogen (secondary N) is 1. The summed E-state index contributed by atoms with van der Waals surface area (Å²) in [6, 6.07) is 9.77. The maximum absolute atomic E-state index is 13.8. The molecular formula is C34H47N5O7. The minimum Gasteiger partial charge on any atom is -0.474 e. The lowest BCUT2D eigenvalue weighted by molar-refractivity contribution is -0.155. The van der Waals surface area contributed by atoms with Gasteiger partial charge in [-0.1, -0.05) is 43.7 Å². The maximum Gasteiger partial charge on any atom is 0.409 e. The first kappa shape index (κ1) is 34.6. The van der Waals surface area contributed by atoms with E-state index in [2.05, 4.69) is 15.3 Å². The molecule has 46 heavy (non-hydrogen) atoms. The standard InChI is InChI=1S/C34H47N5O7/c1-5-6-22-44-33(43)39-20-18-38(19-21-39)32(42)26(16-17-29(40)46-34(2,3)4)36-31(41)27-23-28(45-25-14-10-11-15-25)37-30(35-27)24-12-8-7-9-13-24/h7-9,12-13,23,25-26H,5-6,10-11,14-22H2,1-4H3,(H,36,41). The summed E-state index contributed by atoms with van der Waals surface area (Å²) in [5, 5.41) is 2.83. The Morgan fingerprint density at radius 2 is 1.65 bits per heavy atom. The van der Waals surface area contributed by atoms with Gasteiger partial charge in [-0.25, -0.2) is 9.78 Å². The lowest BCUT2D eigenvalue weighted by Crippen LogP contribution is -2.56. The summed E-state index contributed by atoms with van der Waals surface area (Å²) in [5.41, 5.74) is 0.0838. The van der Waals surface area contributed by atoms with E-state index in [4.69, 9.17) is 14.2 Å². The Morgan fingerprint density at radius 1 is 0.978 bits per heavy atom. The average Bonchev–Trinajstić information content (AvgIpc) is 3.55. The highest BCUT2D eigenvalue weighted by atomic mass is 16.6. The fourth-order valence-electron chi connectivity index (χ4n) is 5.36. The Kier molecular flexibility index (Phi) is 12.3. The number of hydrogen-bond acceptors (Lipinski definition) is 9. The Labute approximate surface area is 271 Å². The number of piperazine rings is 1. The lowest BCUT2D eigenvalue weighted by atomic mass is 10.1. The van der Waals surface area contributed by atoms with Crippen molar-refractivity contribution in [2.45, 2.75) is 96.8 Å². The van der Waals surface area contributed by atoms with E-state index >= 15 is 0 Å². The van der Waals surface area contributed by atoms with Gasteiger partial charge in [0.15, 0.2) is 5.82 Å². The van der Waals surface area contributed by atoms with Crippen LogP contribution in [0.4, 0.5) is 4.79 Å². The van der Waals surface area contributed by atoms with E-state index in [0.717, 1.165) is 44.1 Å². The molecule has 2 heterocycles. The monoisotopic (exact) mass is 637 g/mol. The summed E-state index contributed by atoms with van der Waals surface area (Å²) >= 11 is 0. The Hall–Kier alpha value is -4.22. The predicted octanol–water partition coefficient (Wildman–Crippen LogP) is 4.77. The van der Waals surface area contributed by atoms with Crippen molar-refractivity contribution in [2.24, 2.45) is 0 Å². The van der Waals surface area contributed by atoms with Crippen molar-refractivity contribution < 1.29 is 33.4 Å². The van der Waals surface area contributed by atoms with E-state index in [1.807, 2.05) is 37.3 Å². The van der Waals surface area contributed by atoms with Crippen molar-refractivity contribution in [3.05, 3.63) is 42.1 Å². The number of aromatic nitrogens is 2. The molecule has 0 radical (unpaired) electrons. The molecule has 2 fully saturated rings. The number of amides is 3. The second kappa shape index (κ2) is 16.4. The third kappa shape index (κ3) is 10.4. The van der Waals surface area contributed by atoms with Gasteiger partial charge in [0, 0.05) is 44.2 Å². The van der Waals surface area contributed by atoms with Crippen LogP contribution in [0.2, 0.25) is 0 Å². The topological polar surface area (TPSA) is 140 Å². The first-order valence-corrected chi connectivity index (χ1v) is 16.4. The molecule has 1 unspecified atom stereocenters. The van der Waals surface area contributed by atoms with Crippen molar-refractivity contribution >= 4 is 23.9 Å². The van der Waals surface area contributed by atoms with Crippen molar-refractivity contribution in [2.75, 3.05) is 32.8 Å². The molecule has 2 aromatic rings. The molecule has 1 aromatic heterocycles. The summed E-state index contributed by atoms with van der Waals surface area (Å²) in [5.74, 6) is -0.781. The summed E-state index contributed by atoms with van der Waals surface area (Å²) in [6.45, 7) is 8.83. The number of nitrogens with zero attached hydrogens (tertiary/aromatic N) is 4. The second-order valence-electron chi connectivity index (χ2n) is 12.7. The number of carbonyl (C=O) groups is 4. The Bertz CT molecular complexity index is 1330. The van der Waals surface area contributed by atoms with Crippen LogP contribution >= 0.6 is 0 Å². The second-order valence-corrected chi connectivity index (χ2v) is 12.7. The molecule has 1 N–H and O–H groups in total. The number of unbranched alkanes of at least 4 members (excludes halogenated alkanes) is 1. The van der Waals surface area contributed by atoms with Crippen LogP contribution in [0.1, 0.15) is 89.5 Å². The van der Waals surface area contributed by atoms with Crippen LogP contribution in [0.25, 0.3) is 11.4 Å². The number of ether oxygens (including phenoxy) is 3. The molecule has 0 bridgehead atoms. The van der Waals surface area contributed by atoms with Crippen molar-refractivity contribution in [3.63, 3.8) is 0 Å². The number of benzene rings is 1. The molecule has 1 saturated heterocycles. The van der Waals surface area contributed by atoms with Gasteiger partial charge in [-0.15, -0.1) is 0 Å². The molecule has 4 rings (SSSR count). The van der Waals surface area contributed by atoms with E-state index in [0.29, 0.717) is 31.4 Å². The number of rotatable bonds is 12. The predicted molar refractivity (Wildman–Crippen MR) is 171 cm³/mol. The Balaban J connectivity index is 1.51. The summed E-state index contributed by atoms with van der Waals surface area (Å²) in [6.07, 6.45) is 5.25. The van der Waals surface area contributed by atoms with Gasteiger partial charge in [0.2, 0.25) is 11.8 Å². The minimum atomic E-state index is -1.03. The third-order valence-corrected chi connectivity index (χ3v) is 7.79. The normalized spacial score (nSPS) is 16.1. The zero-order valence-electron chi connectivity index (χ0n) is 27.5. The highest BCUT2D eigenvalue weighted by molar-refractivity contribution is 5.96. The molecule has 1 aromatic carbocycles. The van der Waals surface area contributed by atoms with Crippen LogP contribution in [0.5, 0.6) is 5.88 Å². The summed E-state index contributed by atoms with van der Waals surface area (Å²) in [7, 11) is 0. The zero-order chi connectivity index (χ0) is 33.1. The van der Waals surface area contributed by atoms with E-state index < -0.39 is 29.6 Å². The van der Waals surface area contributed by atoms with Crippen molar-refractivity contribution in [3.8, 4) is 17.3 Å². The zero-order valence-corrected chi connectivity index (χ0v) is 27.5. The van der Waals surface area contributed by atoms with Crippen LogP contribution in [0.15, 0.2) is 36.4 Å². The summed E-state index contributed by atoms with van der Waals surface area (Å²) < 4.78 is 16.9. The number of hydrogen-bond donors (Lipinski definition) is 1. The molecule has 1 saturated carbocycles. The first-order valence-electron chi connectivity index (χ1n) is 16.4. The molecule has 1 aliphatic heterocycles. The van der Waals surface area contributed by atoms with Gasteiger partial charge in [0.05, 0.1) is 6.61 Å². The maximum atomic E-state index is 13.8. The largest absolute Gasteiger partial charge is 0.474 e. The van der Waals surface area contributed by atoms with E-state index in [1.165, 1.54) is 6.07 Å². The molecule has 1 aliphatic carbocycles. The summed E-state index contributed by atoms with van der Waals surface area (Å²) in [4.78, 5) is 64.8. The van der Waals surface area contributed by atoms with E-state index in [1.54, 1.807) is 30.6 Å². The van der Waals surface area contributed by atoms with E-state index in [-0.39, 0.29) is 43.6 Å². The highest BCUT2D eigenvalue weighted by Gasteiger charge is 2.32. The van der Waals surface area contributed by atoms with Crippen LogP contribution in [-0.4, -0.2) is 94.2 Å². The SMILES string of the molecule is CCCCOC(=O)N1CCN(C(=O)C(CCC(=O)OC(C)(C)C)NC(=O)c2cc(OC3CCCC3)nc(-c3ccccc3)n2)CC1. The number of esters is 1. The number of carbonyl (C=O) groups excluding carboxylic acids is 4. The Morgan fingerprint density at radius 3 is 2.30 bits per heavy atom. The molecule has 2 aliphatic rings. The molecular weight excluding hydrogens is 590 g/mol. The average molecular weight is 638 g/mol. The van der Waals surface area contributed by atoms with Gasteiger partial charge in [-0.05, 0) is 59.3 Å². The van der Waals surface area contributed by atoms with Gasteiger partial charge in [0.25, 0.3) is 5.91 Å². The fraction of sp³-hybridized carbons (Fsp3) is 0.588. The van der Waals surface area contributed by atoms with Gasteiger partial charge >= 0.3 is 12.1 Å². The van der Waals surface area contributed by atoms with Crippen LogP contribution in [-0.2, 0) is 19.1 Å². The van der Waals surface area contributed by atoms with Gasteiger partial charge in [-0.2, -0.15) is 4.98 Å².